The Hall–Kier alpha value is -3.80. The standard InChI is InChI=1S/C28H29N3O3/c1-19-7-9-23(10-8-19)26(32)30-13-12-29(17-21(30)3)27(33)25-16-24-11-14-34-28(24)31(25)18-22-6-4-5-20(2)15-22/h4-11,14-16,21H,12-13,17-18H2,1-3H3/t21-/m0/s1. The lowest BCUT2D eigenvalue weighted by atomic mass is 10.1. The lowest BCUT2D eigenvalue weighted by molar-refractivity contribution is 0.0409. The number of piperazine rings is 1. The molecule has 0 spiro atoms. The second-order valence-electron chi connectivity index (χ2n) is 9.25. The fourth-order valence-corrected chi connectivity index (χ4v) is 4.77. The van der Waals surface area contributed by atoms with E-state index in [2.05, 4.69) is 25.1 Å². The Bertz CT molecular complexity index is 1350. The van der Waals surface area contributed by atoms with Crippen LogP contribution in [0.1, 0.15) is 44.5 Å². The summed E-state index contributed by atoms with van der Waals surface area (Å²) in [6, 6.07) is 19.7. The maximum Gasteiger partial charge on any atom is 0.270 e. The van der Waals surface area contributed by atoms with Gasteiger partial charge in [0.1, 0.15) is 5.69 Å². The van der Waals surface area contributed by atoms with Crippen LogP contribution in [-0.2, 0) is 6.54 Å². The van der Waals surface area contributed by atoms with Crippen LogP contribution in [0.15, 0.2) is 71.3 Å². The maximum atomic E-state index is 13.6. The van der Waals surface area contributed by atoms with E-state index >= 15 is 0 Å². The first-order valence-electron chi connectivity index (χ1n) is 11.7. The summed E-state index contributed by atoms with van der Waals surface area (Å²) in [5.74, 6) is -0.0201. The van der Waals surface area contributed by atoms with Gasteiger partial charge in [-0.1, -0.05) is 47.5 Å². The Morgan fingerprint density at radius 2 is 1.74 bits per heavy atom. The highest BCUT2D eigenvalue weighted by molar-refractivity contribution is 5.98. The summed E-state index contributed by atoms with van der Waals surface area (Å²) in [5, 5.41) is 0.914. The summed E-state index contributed by atoms with van der Waals surface area (Å²) in [7, 11) is 0. The normalized spacial score (nSPS) is 16.3. The Balaban J connectivity index is 1.36. The van der Waals surface area contributed by atoms with Gasteiger partial charge in [-0.15, -0.1) is 0 Å². The van der Waals surface area contributed by atoms with E-state index in [1.165, 1.54) is 5.56 Å². The molecule has 1 aliphatic heterocycles. The molecule has 0 N–H and O–H groups in total. The molecule has 6 heteroatoms. The average Bonchev–Trinajstić information content (AvgIpc) is 3.41. The molecular formula is C28H29N3O3. The van der Waals surface area contributed by atoms with Gasteiger partial charge in [-0.3, -0.25) is 9.59 Å². The van der Waals surface area contributed by atoms with Crippen LogP contribution in [0, 0.1) is 13.8 Å². The van der Waals surface area contributed by atoms with Gasteiger partial charge < -0.3 is 18.8 Å². The zero-order valence-electron chi connectivity index (χ0n) is 19.8. The van der Waals surface area contributed by atoms with E-state index in [1.807, 2.05) is 70.7 Å². The molecule has 1 saturated heterocycles. The van der Waals surface area contributed by atoms with Gasteiger partial charge in [-0.2, -0.15) is 0 Å². The highest BCUT2D eigenvalue weighted by atomic mass is 16.3. The van der Waals surface area contributed by atoms with Crippen molar-refractivity contribution >= 4 is 22.9 Å². The number of fused-ring (bicyclic) bond motifs is 1. The summed E-state index contributed by atoms with van der Waals surface area (Å²) in [6.45, 7) is 8.13. The molecule has 0 bridgehead atoms. The van der Waals surface area contributed by atoms with E-state index in [0.717, 1.165) is 16.5 Å². The van der Waals surface area contributed by atoms with E-state index in [9.17, 15) is 9.59 Å². The second-order valence-corrected chi connectivity index (χ2v) is 9.25. The predicted molar refractivity (Wildman–Crippen MR) is 132 cm³/mol. The first-order valence-corrected chi connectivity index (χ1v) is 11.7. The summed E-state index contributed by atoms with van der Waals surface area (Å²) in [6.07, 6.45) is 1.66. The third-order valence-electron chi connectivity index (χ3n) is 6.62. The fraction of sp³-hybridized carbons (Fsp3) is 0.286. The second kappa shape index (κ2) is 8.86. The van der Waals surface area contributed by atoms with Crippen LogP contribution < -0.4 is 0 Å². The van der Waals surface area contributed by atoms with Gasteiger partial charge in [0.25, 0.3) is 11.8 Å². The molecule has 3 heterocycles. The molecule has 6 nitrogen and oxygen atoms in total. The molecule has 4 aromatic rings. The summed E-state index contributed by atoms with van der Waals surface area (Å²) < 4.78 is 7.70. The SMILES string of the molecule is Cc1ccc(C(=O)N2CCN(C(=O)c3cc4ccoc4n3Cc3cccc(C)c3)C[C@@H]2C)cc1. The Morgan fingerprint density at radius 3 is 2.47 bits per heavy atom. The van der Waals surface area contributed by atoms with Crippen LogP contribution in [0.3, 0.4) is 0 Å². The Kier molecular flexibility index (Phi) is 5.74. The molecule has 2 aromatic heterocycles. The molecule has 2 aromatic carbocycles. The molecule has 1 fully saturated rings. The van der Waals surface area contributed by atoms with Crippen molar-refractivity contribution in [3.05, 3.63) is 94.9 Å². The number of hydrogen-bond donors (Lipinski definition) is 0. The summed E-state index contributed by atoms with van der Waals surface area (Å²) >= 11 is 0. The Morgan fingerprint density at radius 1 is 0.941 bits per heavy atom. The quantitative estimate of drug-likeness (QED) is 0.440. The van der Waals surface area contributed by atoms with Crippen molar-refractivity contribution in [3.63, 3.8) is 0 Å². The van der Waals surface area contributed by atoms with Gasteiger partial charge in [0, 0.05) is 36.6 Å². The third-order valence-corrected chi connectivity index (χ3v) is 6.62. The van der Waals surface area contributed by atoms with Gasteiger partial charge in [0.15, 0.2) is 0 Å². The third kappa shape index (κ3) is 4.12. The molecule has 1 atom stereocenters. The van der Waals surface area contributed by atoms with Gasteiger partial charge in [-0.05, 0) is 50.6 Å². The van der Waals surface area contributed by atoms with Crippen LogP contribution >= 0.6 is 0 Å². The minimum absolute atomic E-state index is 0.0138. The van der Waals surface area contributed by atoms with Crippen LogP contribution in [0.5, 0.6) is 0 Å². The lowest BCUT2D eigenvalue weighted by Gasteiger charge is -2.40. The summed E-state index contributed by atoms with van der Waals surface area (Å²) in [5.41, 5.74) is 5.41. The highest BCUT2D eigenvalue weighted by Crippen LogP contribution is 2.25. The number of aromatic nitrogens is 1. The number of carbonyl (C=O) groups is 2. The van der Waals surface area contributed by atoms with Crippen molar-refractivity contribution in [3.8, 4) is 0 Å². The first-order chi connectivity index (χ1) is 16.4. The number of nitrogens with zero attached hydrogens (tertiary/aromatic N) is 3. The molecule has 0 saturated carbocycles. The minimum atomic E-state index is -0.0744. The van der Waals surface area contributed by atoms with E-state index in [-0.39, 0.29) is 17.9 Å². The van der Waals surface area contributed by atoms with Crippen LogP contribution in [0.2, 0.25) is 0 Å². The molecule has 5 rings (SSSR count). The van der Waals surface area contributed by atoms with Crippen LogP contribution in [0.25, 0.3) is 11.1 Å². The molecule has 174 valence electrons. The largest absolute Gasteiger partial charge is 0.448 e. The van der Waals surface area contributed by atoms with Gasteiger partial charge in [0.2, 0.25) is 5.71 Å². The topological polar surface area (TPSA) is 58.7 Å². The maximum absolute atomic E-state index is 13.6. The van der Waals surface area contributed by atoms with Crippen LogP contribution in [0.4, 0.5) is 0 Å². The van der Waals surface area contributed by atoms with Crippen molar-refractivity contribution in [1.29, 1.82) is 0 Å². The average molecular weight is 456 g/mol. The molecule has 0 radical (unpaired) electrons. The number of benzene rings is 2. The van der Waals surface area contributed by atoms with E-state index in [1.54, 1.807) is 6.26 Å². The number of amides is 2. The molecule has 0 unspecified atom stereocenters. The molecule has 1 aliphatic rings. The number of aryl methyl sites for hydroxylation is 2. The van der Waals surface area contributed by atoms with Gasteiger partial charge in [-0.25, -0.2) is 0 Å². The highest BCUT2D eigenvalue weighted by Gasteiger charge is 2.32. The van der Waals surface area contributed by atoms with Crippen molar-refractivity contribution in [2.45, 2.75) is 33.4 Å². The zero-order chi connectivity index (χ0) is 23.8. The monoisotopic (exact) mass is 455 g/mol. The number of furan rings is 1. The van der Waals surface area contributed by atoms with Crippen LogP contribution in [-0.4, -0.2) is 51.9 Å². The first kappa shape index (κ1) is 22.0. The van der Waals surface area contributed by atoms with Gasteiger partial charge in [0.05, 0.1) is 12.8 Å². The lowest BCUT2D eigenvalue weighted by Crippen LogP contribution is -2.55. The molecule has 0 aliphatic carbocycles. The molecule has 34 heavy (non-hydrogen) atoms. The number of carbonyl (C=O) groups excluding carboxylic acids is 2. The minimum Gasteiger partial charge on any atom is -0.448 e. The van der Waals surface area contributed by atoms with E-state index in [0.29, 0.717) is 43.1 Å². The molecule has 2 amide bonds. The smallest absolute Gasteiger partial charge is 0.270 e. The zero-order valence-corrected chi connectivity index (χ0v) is 19.8. The number of hydrogen-bond acceptors (Lipinski definition) is 3. The fourth-order valence-electron chi connectivity index (χ4n) is 4.77. The molecular weight excluding hydrogens is 426 g/mol. The van der Waals surface area contributed by atoms with Gasteiger partial charge >= 0.3 is 0 Å². The van der Waals surface area contributed by atoms with Crippen molar-refractivity contribution in [2.24, 2.45) is 0 Å². The summed E-state index contributed by atoms with van der Waals surface area (Å²) in [4.78, 5) is 30.4. The van der Waals surface area contributed by atoms with Crippen molar-refractivity contribution in [2.75, 3.05) is 19.6 Å². The predicted octanol–water partition coefficient (Wildman–Crippen LogP) is 4.89. The van der Waals surface area contributed by atoms with E-state index < -0.39 is 0 Å². The van der Waals surface area contributed by atoms with Crippen molar-refractivity contribution in [1.82, 2.24) is 14.4 Å². The van der Waals surface area contributed by atoms with E-state index in [4.69, 9.17) is 4.42 Å². The van der Waals surface area contributed by atoms with Crippen molar-refractivity contribution < 1.29 is 14.0 Å². The number of rotatable bonds is 4. The Labute approximate surface area is 199 Å².